The molecule has 0 spiro atoms. The molecule has 2 N–H and O–H groups in total. The van der Waals surface area contributed by atoms with Crippen molar-refractivity contribution in [1.29, 1.82) is 0 Å². The lowest BCUT2D eigenvalue weighted by atomic mass is 9.94. The smallest absolute Gasteiger partial charge is 0.225 e. The lowest BCUT2D eigenvalue weighted by molar-refractivity contribution is -0.133. The van der Waals surface area contributed by atoms with E-state index in [1.807, 2.05) is 25.8 Å². The zero-order valence-corrected chi connectivity index (χ0v) is 18.6. The van der Waals surface area contributed by atoms with Crippen LogP contribution in [0.3, 0.4) is 0 Å². The maximum Gasteiger partial charge on any atom is 0.225 e. The summed E-state index contributed by atoms with van der Waals surface area (Å²) in [5.41, 5.74) is 0. The van der Waals surface area contributed by atoms with E-state index in [-0.39, 0.29) is 35.8 Å². The van der Waals surface area contributed by atoms with E-state index in [1.165, 1.54) is 32.4 Å². The van der Waals surface area contributed by atoms with Gasteiger partial charge >= 0.3 is 0 Å². The van der Waals surface area contributed by atoms with E-state index in [9.17, 15) is 4.79 Å². The number of carbonyl (C=O) groups excluding carboxylic acids is 1. The number of rotatable bonds is 5. The molecule has 0 saturated carbocycles. The first-order valence-corrected chi connectivity index (χ1v) is 9.44. The molecule has 7 heteroatoms. The predicted molar refractivity (Wildman–Crippen MR) is 115 cm³/mol. The van der Waals surface area contributed by atoms with E-state index in [4.69, 9.17) is 0 Å². The molecule has 0 aromatic rings. The molecule has 2 aliphatic heterocycles. The normalized spacial score (nSPS) is 22.8. The average molecular weight is 465 g/mol. The van der Waals surface area contributed by atoms with Gasteiger partial charge in [-0.1, -0.05) is 13.8 Å². The van der Waals surface area contributed by atoms with Crippen LogP contribution in [0.25, 0.3) is 0 Å². The second kappa shape index (κ2) is 11.2. The number of likely N-dealkylation sites (tertiary alicyclic amines) is 2. The van der Waals surface area contributed by atoms with Gasteiger partial charge in [-0.25, -0.2) is 0 Å². The number of aliphatic imine (C=N–C) groups is 1. The van der Waals surface area contributed by atoms with E-state index < -0.39 is 0 Å². The summed E-state index contributed by atoms with van der Waals surface area (Å²) in [5.74, 6) is 2.03. The van der Waals surface area contributed by atoms with Gasteiger partial charge in [-0.15, -0.1) is 24.0 Å². The highest BCUT2D eigenvalue weighted by Gasteiger charge is 2.28. The molecule has 25 heavy (non-hydrogen) atoms. The largest absolute Gasteiger partial charge is 0.356 e. The van der Waals surface area contributed by atoms with Gasteiger partial charge in [-0.2, -0.15) is 0 Å². The minimum atomic E-state index is 0. The van der Waals surface area contributed by atoms with Crippen LogP contribution in [-0.2, 0) is 4.79 Å². The fourth-order valence-electron chi connectivity index (χ4n) is 3.58. The number of amides is 1. The molecule has 1 atom stereocenters. The highest BCUT2D eigenvalue weighted by atomic mass is 127. The lowest BCUT2D eigenvalue weighted by Gasteiger charge is -2.29. The Kier molecular flexibility index (Phi) is 10.1. The fraction of sp³-hybridized carbons (Fsp3) is 0.889. The summed E-state index contributed by atoms with van der Waals surface area (Å²) in [6.07, 6.45) is 4.81. The molecule has 146 valence electrons. The molecular weight excluding hydrogens is 429 g/mol. The van der Waals surface area contributed by atoms with Gasteiger partial charge in [0.1, 0.15) is 0 Å². The Hall–Kier alpha value is -0.570. The summed E-state index contributed by atoms with van der Waals surface area (Å²) in [6.45, 7) is 8.97. The van der Waals surface area contributed by atoms with Crippen molar-refractivity contribution < 1.29 is 4.79 Å². The van der Waals surface area contributed by atoms with Gasteiger partial charge in [0.15, 0.2) is 5.96 Å². The van der Waals surface area contributed by atoms with Crippen molar-refractivity contribution in [3.05, 3.63) is 0 Å². The van der Waals surface area contributed by atoms with E-state index in [1.54, 1.807) is 0 Å². The van der Waals surface area contributed by atoms with Crippen LogP contribution in [0.2, 0.25) is 0 Å². The van der Waals surface area contributed by atoms with E-state index >= 15 is 0 Å². The molecule has 1 unspecified atom stereocenters. The first-order chi connectivity index (χ1) is 11.5. The molecular formula is C18H36IN5O. The zero-order valence-electron chi connectivity index (χ0n) is 16.3. The van der Waals surface area contributed by atoms with Crippen molar-refractivity contribution in [2.45, 2.75) is 45.6 Å². The summed E-state index contributed by atoms with van der Waals surface area (Å²) in [6, 6.07) is 0.308. The van der Waals surface area contributed by atoms with Crippen molar-refractivity contribution in [2.75, 3.05) is 46.8 Å². The van der Waals surface area contributed by atoms with Crippen LogP contribution in [0, 0.1) is 11.8 Å². The van der Waals surface area contributed by atoms with Crippen LogP contribution in [-0.4, -0.2) is 74.5 Å². The van der Waals surface area contributed by atoms with Crippen LogP contribution >= 0.6 is 24.0 Å². The third kappa shape index (κ3) is 7.29. The van der Waals surface area contributed by atoms with Crippen molar-refractivity contribution in [1.82, 2.24) is 20.4 Å². The monoisotopic (exact) mass is 465 g/mol. The number of nitrogens with one attached hydrogen (secondary N) is 2. The first-order valence-electron chi connectivity index (χ1n) is 9.44. The molecule has 0 aromatic carbocycles. The van der Waals surface area contributed by atoms with Crippen LogP contribution < -0.4 is 10.6 Å². The van der Waals surface area contributed by atoms with Gasteiger partial charge in [-0.05, 0) is 51.7 Å². The van der Waals surface area contributed by atoms with E-state index in [0.29, 0.717) is 6.04 Å². The van der Waals surface area contributed by atoms with Crippen LogP contribution in [0.1, 0.15) is 39.5 Å². The quantitative estimate of drug-likeness (QED) is 0.369. The second-order valence-electron chi connectivity index (χ2n) is 7.60. The number of nitrogens with zero attached hydrogens (tertiary/aromatic N) is 3. The molecule has 2 fully saturated rings. The Morgan fingerprint density at radius 1 is 1.20 bits per heavy atom. The molecule has 0 aliphatic carbocycles. The molecule has 2 heterocycles. The standard InChI is InChI=1S/C18H35N5O.HI/c1-14(2)17(24)23-12-8-16(13-23)21-18(19-3)20-9-5-15-6-10-22(4)11-7-15;/h14-16H,5-13H2,1-4H3,(H2,19,20,21);1H. The summed E-state index contributed by atoms with van der Waals surface area (Å²) >= 11 is 0. The third-order valence-electron chi connectivity index (χ3n) is 5.24. The van der Waals surface area contributed by atoms with Gasteiger partial charge in [0, 0.05) is 38.6 Å². The number of halogens is 1. The second-order valence-corrected chi connectivity index (χ2v) is 7.60. The lowest BCUT2D eigenvalue weighted by Crippen LogP contribution is -2.45. The van der Waals surface area contributed by atoms with Gasteiger partial charge in [0.25, 0.3) is 0 Å². The molecule has 6 nitrogen and oxygen atoms in total. The molecule has 0 aromatic heterocycles. The van der Waals surface area contributed by atoms with Gasteiger partial charge in [0.05, 0.1) is 0 Å². The topological polar surface area (TPSA) is 60.0 Å². The van der Waals surface area contributed by atoms with Gasteiger partial charge < -0.3 is 20.4 Å². The summed E-state index contributed by atoms with van der Waals surface area (Å²) in [5, 5.41) is 6.91. The minimum absolute atomic E-state index is 0. The third-order valence-corrected chi connectivity index (χ3v) is 5.24. The van der Waals surface area contributed by atoms with E-state index in [0.717, 1.165) is 37.9 Å². The Labute approximate surface area is 170 Å². The van der Waals surface area contributed by atoms with Crippen molar-refractivity contribution in [3.8, 4) is 0 Å². The Bertz CT molecular complexity index is 435. The summed E-state index contributed by atoms with van der Waals surface area (Å²) in [7, 11) is 4.02. The minimum Gasteiger partial charge on any atom is -0.356 e. The Morgan fingerprint density at radius 2 is 1.88 bits per heavy atom. The van der Waals surface area contributed by atoms with Crippen LogP contribution in [0.15, 0.2) is 4.99 Å². The molecule has 1 amide bonds. The van der Waals surface area contributed by atoms with Crippen molar-refractivity contribution >= 4 is 35.8 Å². The molecule has 2 rings (SSSR count). The highest BCUT2D eigenvalue weighted by molar-refractivity contribution is 14.0. The number of carbonyl (C=O) groups is 1. The average Bonchev–Trinajstić information content (AvgIpc) is 3.03. The van der Waals surface area contributed by atoms with Crippen LogP contribution in [0.4, 0.5) is 0 Å². The SMILES string of the molecule is CN=C(NCCC1CCN(C)CC1)NC1CCN(C(=O)C(C)C)C1.I. The van der Waals surface area contributed by atoms with Crippen molar-refractivity contribution in [3.63, 3.8) is 0 Å². The zero-order chi connectivity index (χ0) is 17.5. The first kappa shape index (κ1) is 22.5. The van der Waals surface area contributed by atoms with E-state index in [2.05, 4.69) is 27.6 Å². The number of hydrogen-bond donors (Lipinski definition) is 2. The number of guanidine groups is 1. The van der Waals surface area contributed by atoms with Crippen LogP contribution in [0.5, 0.6) is 0 Å². The highest BCUT2D eigenvalue weighted by Crippen LogP contribution is 2.18. The fourth-order valence-corrected chi connectivity index (χ4v) is 3.58. The Balaban J connectivity index is 0.00000312. The molecule has 0 bridgehead atoms. The Morgan fingerprint density at radius 3 is 2.48 bits per heavy atom. The molecule has 0 radical (unpaired) electrons. The molecule has 2 saturated heterocycles. The summed E-state index contributed by atoms with van der Waals surface area (Å²) in [4.78, 5) is 20.8. The maximum atomic E-state index is 12.1. The summed E-state index contributed by atoms with van der Waals surface area (Å²) < 4.78 is 0. The number of piperidine rings is 1. The maximum absolute atomic E-state index is 12.1. The predicted octanol–water partition coefficient (Wildman–Crippen LogP) is 1.76. The molecule has 2 aliphatic rings. The van der Waals surface area contributed by atoms with Crippen molar-refractivity contribution in [2.24, 2.45) is 16.8 Å². The van der Waals surface area contributed by atoms with Gasteiger partial charge in [-0.3, -0.25) is 9.79 Å². The number of hydrogen-bond acceptors (Lipinski definition) is 3. The van der Waals surface area contributed by atoms with Gasteiger partial charge in [0.2, 0.25) is 5.91 Å².